The van der Waals surface area contributed by atoms with Crippen LogP contribution in [0.1, 0.15) is 57.4 Å². The second kappa shape index (κ2) is 10.3. The first-order valence-corrected chi connectivity index (χ1v) is 10.7. The van der Waals surface area contributed by atoms with E-state index in [0.29, 0.717) is 12.3 Å². The van der Waals surface area contributed by atoms with Gasteiger partial charge in [0.05, 0.1) is 6.54 Å². The van der Waals surface area contributed by atoms with Crippen LogP contribution in [0.25, 0.3) is 0 Å². The Kier molecular flexibility index (Phi) is 7.49. The van der Waals surface area contributed by atoms with E-state index in [1.807, 2.05) is 23.1 Å². The van der Waals surface area contributed by atoms with Gasteiger partial charge in [-0.05, 0) is 50.2 Å². The molecule has 1 aliphatic heterocycles. The van der Waals surface area contributed by atoms with E-state index < -0.39 is 11.9 Å². The number of anilines is 1. The van der Waals surface area contributed by atoms with Crippen LogP contribution in [-0.4, -0.2) is 36.9 Å². The number of hydrogen-bond acceptors (Lipinski definition) is 4. The summed E-state index contributed by atoms with van der Waals surface area (Å²) in [7, 11) is 0. The molecule has 7 heteroatoms. The molecule has 1 heterocycles. The highest BCUT2D eigenvalue weighted by molar-refractivity contribution is 5.89. The van der Waals surface area contributed by atoms with Gasteiger partial charge in [0.15, 0.2) is 0 Å². The fraction of sp³-hybridized carbons (Fsp3) is 0.591. The molecule has 0 aromatic heterocycles. The van der Waals surface area contributed by atoms with Crippen molar-refractivity contribution in [3.8, 4) is 0 Å². The van der Waals surface area contributed by atoms with Crippen molar-refractivity contribution in [1.29, 1.82) is 0 Å². The van der Waals surface area contributed by atoms with Crippen LogP contribution in [0.5, 0.6) is 0 Å². The minimum atomic E-state index is -0.692. The Morgan fingerprint density at radius 1 is 1.03 bits per heavy atom. The summed E-state index contributed by atoms with van der Waals surface area (Å²) in [5, 5.41) is 2.73. The molecule has 3 N–H and O–H groups in total. The summed E-state index contributed by atoms with van der Waals surface area (Å²) in [4.78, 5) is 38.7. The molecule has 3 amide bonds. The number of carbonyl (C=O) groups excluding carboxylic acids is 3. The number of nitrogens with zero attached hydrogens (tertiary/aromatic N) is 1. The highest BCUT2D eigenvalue weighted by Gasteiger charge is 2.22. The molecule has 0 radical (unpaired) electrons. The number of hydrazine groups is 1. The van der Waals surface area contributed by atoms with E-state index in [1.54, 1.807) is 6.92 Å². The van der Waals surface area contributed by atoms with E-state index in [0.717, 1.165) is 37.9 Å². The topological polar surface area (TPSA) is 90.5 Å². The van der Waals surface area contributed by atoms with Crippen LogP contribution in [0.15, 0.2) is 24.3 Å². The number of amides is 3. The van der Waals surface area contributed by atoms with Gasteiger partial charge in [0.2, 0.25) is 5.91 Å². The van der Waals surface area contributed by atoms with Gasteiger partial charge in [-0.25, -0.2) is 0 Å². The molecular formula is C22H32N4O3. The molecule has 1 aliphatic carbocycles. The molecule has 1 atom stereocenters. The Hall–Kier alpha value is -2.57. The zero-order chi connectivity index (χ0) is 20.6. The number of nitrogens with one attached hydrogen (secondary N) is 3. The summed E-state index contributed by atoms with van der Waals surface area (Å²) >= 11 is 0. The Bertz CT molecular complexity index is 731. The van der Waals surface area contributed by atoms with Crippen molar-refractivity contribution < 1.29 is 14.4 Å². The quantitative estimate of drug-likeness (QED) is 0.638. The summed E-state index contributed by atoms with van der Waals surface area (Å²) in [5.41, 5.74) is 7.20. The second-order valence-electron chi connectivity index (χ2n) is 8.19. The molecule has 0 saturated heterocycles. The normalized spacial score (nSPS) is 17.8. The SMILES string of the molecule is CC(NC(=O)CC1CCCCC1)C(=O)NNC(=O)CN1CCCc2ccccc21. The lowest BCUT2D eigenvalue weighted by molar-refractivity contribution is -0.131. The zero-order valence-electron chi connectivity index (χ0n) is 17.2. The molecule has 0 bridgehead atoms. The first-order valence-electron chi connectivity index (χ1n) is 10.7. The largest absolute Gasteiger partial charge is 0.362 e. The van der Waals surface area contributed by atoms with Crippen molar-refractivity contribution in [2.24, 2.45) is 5.92 Å². The van der Waals surface area contributed by atoms with Crippen molar-refractivity contribution in [1.82, 2.24) is 16.2 Å². The van der Waals surface area contributed by atoms with Gasteiger partial charge in [-0.2, -0.15) is 0 Å². The standard InChI is InChI=1S/C22H32N4O3/c1-16(23-20(27)14-17-8-3-2-4-9-17)22(29)25-24-21(28)15-26-13-7-11-18-10-5-6-12-19(18)26/h5-6,10,12,16-17H,2-4,7-9,11,13-15H2,1H3,(H,23,27)(H,24,28)(H,25,29). The fourth-order valence-corrected chi connectivity index (χ4v) is 4.25. The van der Waals surface area contributed by atoms with Crippen LogP contribution in [0.2, 0.25) is 0 Å². The lowest BCUT2D eigenvalue weighted by Gasteiger charge is -2.30. The molecule has 1 unspecified atom stereocenters. The van der Waals surface area contributed by atoms with E-state index in [2.05, 4.69) is 22.2 Å². The highest BCUT2D eigenvalue weighted by Crippen LogP contribution is 2.27. The van der Waals surface area contributed by atoms with Gasteiger partial charge in [-0.3, -0.25) is 25.2 Å². The van der Waals surface area contributed by atoms with Crippen molar-refractivity contribution >= 4 is 23.4 Å². The Balaban J connectivity index is 1.39. The number of carbonyl (C=O) groups is 3. The van der Waals surface area contributed by atoms with Gasteiger partial charge in [-0.1, -0.05) is 37.5 Å². The smallest absolute Gasteiger partial charge is 0.260 e. The van der Waals surface area contributed by atoms with Crippen LogP contribution in [0.4, 0.5) is 5.69 Å². The Morgan fingerprint density at radius 3 is 2.59 bits per heavy atom. The maximum atomic E-state index is 12.3. The predicted molar refractivity (Wildman–Crippen MR) is 112 cm³/mol. The van der Waals surface area contributed by atoms with E-state index in [1.165, 1.54) is 24.8 Å². The summed E-state index contributed by atoms with van der Waals surface area (Å²) < 4.78 is 0. The van der Waals surface area contributed by atoms with Crippen molar-refractivity contribution in [3.05, 3.63) is 29.8 Å². The van der Waals surface area contributed by atoms with Gasteiger partial charge in [0.1, 0.15) is 6.04 Å². The molecule has 7 nitrogen and oxygen atoms in total. The molecular weight excluding hydrogens is 368 g/mol. The molecule has 158 valence electrons. The lowest BCUT2D eigenvalue weighted by atomic mass is 9.87. The Labute approximate surface area is 172 Å². The van der Waals surface area contributed by atoms with E-state index >= 15 is 0 Å². The summed E-state index contributed by atoms with van der Waals surface area (Å²) in [6, 6.07) is 7.38. The van der Waals surface area contributed by atoms with Gasteiger partial charge in [0.25, 0.3) is 11.8 Å². The second-order valence-corrected chi connectivity index (χ2v) is 8.19. The first-order chi connectivity index (χ1) is 14.0. The van der Waals surface area contributed by atoms with E-state index in [4.69, 9.17) is 0 Å². The average Bonchev–Trinajstić information content (AvgIpc) is 2.73. The van der Waals surface area contributed by atoms with Crippen LogP contribution in [0, 0.1) is 5.92 Å². The minimum absolute atomic E-state index is 0.101. The first kappa shape index (κ1) is 21.1. The third-order valence-corrected chi connectivity index (χ3v) is 5.84. The van der Waals surface area contributed by atoms with Crippen LogP contribution in [-0.2, 0) is 20.8 Å². The van der Waals surface area contributed by atoms with Gasteiger partial charge >= 0.3 is 0 Å². The van der Waals surface area contributed by atoms with Crippen molar-refractivity contribution in [3.63, 3.8) is 0 Å². The van der Waals surface area contributed by atoms with Crippen molar-refractivity contribution in [2.75, 3.05) is 18.0 Å². The molecule has 3 rings (SSSR count). The highest BCUT2D eigenvalue weighted by atomic mass is 16.2. The monoisotopic (exact) mass is 400 g/mol. The minimum Gasteiger partial charge on any atom is -0.362 e. The molecule has 29 heavy (non-hydrogen) atoms. The van der Waals surface area contributed by atoms with Gasteiger partial charge in [-0.15, -0.1) is 0 Å². The average molecular weight is 401 g/mol. The summed E-state index contributed by atoms with van der Waals surface area (Å²) in [6.07, 6.45) is 8.28. The maximum absolute atomic E-state index is 12.3. The molecule has 1 aromatic rings. The van der Waals surface area contributed by atoms with E-state index in [-0.39, 0.29) is 18.4 Å². The van der Waals surface area contributed by atoms with Crippen LogP contribution >= 0.6 is 0 Å². The molecule has 1 fully saturated rings. The molecule has 1 saturated carbocycles. The number of fused-ring (bicyclic) bond motifs is 1. The summed E-state index contributed by atoms with van der Waals surface area (Å²) in [5.74, 6) is -0.382. The summed E-state index contributed by atoms with van der Waals surface area (Å²) in [6.45, 7) is 2.62. The van der Waals surface area contributed by atoms with Gasteiger partial charge in [0, 0.05) is 18.7 Å². The molecule has 1 aromatic carbocycles. The maximum Gasteiger partial charge on any atom is 0.260 e. The molecule has 2 aliphatic rings. The predicted octanol–water partition coefficient (Wildman–Crippen LogP) is 2.06. The molecule has 0 spiro atoms. The third kappa shape index (κ3) is 6.21. The van der Waals surface area contributed by atoms with Crippen LogP contribution < -0.4 is 21.1 Å². The van der Waals surface area contributed by atoms with Gasteiger partial charge < -0.3 is 10.2 Å². The Morgan fingerprint density at radius 2 is 1.79 bits per heavy atom. The lowest BCUT2D eigenvalue weighted by Crippen LogP contribution is -2.53. The number of rotatable bonds is 6. The third-order valence-electron chi connectivity index (χ3n) is 5.84. The van der Waals surface area contributed by atoms with E-state index in [9.17, 15) is 14.4 Å². The van der Waals surface area contributed by atoms with Crippen molar-refractivity contribution in [2.45, 2.75) is 64.3 Å². The number of aryl methyl sites for hydroxylation is 1. The number of benzene rings is 1. The number of hydrogen-bond donors (Lipinski definition) is 3. The zero-order valence-corrected chi connectivity index (χ0v) is 17.2. The fourth-order valence-electron chi connectivity index (χ4n) is 4.25. The number of para-hydroxylation sites is 1. The van der Waals surface area contributed by atoms with Crippen LogP contribution in [0.3, 0.4) is 0 Å².